The highest BCUT2D eigenvalue weighted by molar-refractivity contribution is 6.07. The lowest BCUT2D eigenvalue weighted by Gasteiger charge is -2.45. The Bertz CT molecular complexity index is 589. The van der Waals surface area contributed by atoms with Crippen LogP contribution in [0, 0.1) is 5.41 Å². The summed E-state index contributed by atoms with van der Waals surface area (Å²) in [6, 6.07) is 0. The third-order valence-corrected chi connectivity index (χ3v) is 4.92. The fourth-order valence-electron chi connectivity index (χ4n) is 3.46. The summed E-state index contributed by atoms with van der Waals surface area (Å²) in [6.45, 7) is 5.37. The first-order valence-corrected chi connectivity index (χ1v) is 10.1. The third kappa shape index (κ3) is 5.19. The Morgan fingerprint density at radius 1 is 0.793 bits per heavy atom. The van der Waals surface area contributed by atoms with Crippen molar-refractivity contribution in [2.24, 2.45) is 5.41 Å². The molecule has 0 N–H and O–H groups in total. The molecule has 0 radical (unpaired) electrons. The molecule has 0 amide bonds. The Morgan fingerprint density at radius 3 is 2.07 bits per heavy atom. The van der Waals surface area contributed by atoms with Crippen LogP contribution in [0.1, 0.15) is 65.7 Å². The molecule has 29 heavy (non-hydrogen) atoms. The first-order valence-electron chi connectivity index (χ1n) is 10.1. The number of methoxy groups -OCH3 is 1. The number of carbonyl (C=O) groups is 4. The number of hydrogen-bond donors (Lipinski definition) is 0. The highest BCUT2D eigenvalue weighted by Crippen LogP contribution is 2.50. The summed E-state index contributed by atoms with van der Waals surface area (Å²) in [5, 5.41) is 0. The molecule has 2 unspecified atom stereocenters. The van der Waals surface area contributed by atoms with E-state index < -0.39 is 35.1 Å². The van der Waals surface area contributed by atoms with Gasteiger partial charge in [0.1, 0.15) is 0 Å². The average Bonchev–Trinajstić information content (AvgIpc) is 2.71. The molecule has 1 rings (SSSR count). The lowest BCUT2D eigenvalue weighted by atomic mass is 9.62. The zero-order valence-electron chi connectivity index (χ0n) is 17.7. The van der Waals surface area contributed by atoms with Gasteiger partial charge in [-0.1, -0.05) is 26.7 Å². The second-order valence-electron chi connectivity index (χ2n) is 6.84. The van der Waals surface area contributed by atoms with E-state index in [1.165, 1.54) is 0 Å². The molecule has 0 aromatic heterocycles. The molecule has 0 spiro atoms. The van der Waals surface area contributed by atoms with Crippen LogP contribution in [0.25, 0.3) is 0 Å². The van der Waals surface area contributed by atoms with Gasteiger partial charge >= 0.3 is 24.1 Å². The number of carbonyl (C=O) groups excluding carboxylic acids is 4. The van der Waals surface area contributed by atoms with E-state index in [2.05, 4.69) is 0 Å². The van der Waals surface area contributed by atoms with Crippen molar-refractivity contribution in [1.82, 2.24) is 0 Å². The minimum atomic E-state index is -2.22. The molecule has 9 nitrogen and oxygen atoms in total. The van der Waals surface area contributed by atoms with Crippen LogP contribution in [-0.4, -0.2) is 56.6 Å². The molecule has 0 aromatic carbocycles. The lowest BCUT2D eigenvalue weighted by Crippen LogP contribution is -2.66. The molecule has 1 fully saturated rings. The summed E-state index contributed by atoms with van der Waals surface area (Å²) in [5.74, 6) is -2.98. The molecule has 166 valence electrons. The van der Waals surface area contributed by atoms with Gasteiger partial charge in [0.15, 0.2) is 0 Å². The van der Waals surface area contributed by atoms with Gasteiger partial charge in [-0.3, -0.25) is 9.59 Å². The van der Waals surface area contributed by atoms with Crippen LogP contribution >= 0.6 is 0 Å². The van der Waals surface area contributed by atoms with Crippen molar-refractivity contribution < 1.29 is 42.9 Å². The summed E-state index contributed by atoms with van der Waals surface area (Å²) in [6.07, 6.45) is 1.44. The molecule has 0 bridgehead atoms. The molecule has 0 heterocycles. The highest BCUT2D eigenvalue weighted by atomic mass is 16.7. The Morgan fingerprint density at radius 2 is 1.48 bits per heavy atom. The van der Waals surface area contributed by atoms with E-state index in [-0.39, 0.29) is 32.7 Å². The molecule has 9 heteroatoms. The van der Waals surface area contributed by atoms with E-state index in [0.29, 0.717) is 25.7 Å². The minimum absolute atomic E-state index is 0.0292. The maximum absolute atomic E-state index is 13.1. The fraction of sp³-hybridized carbons (Fsp3) is 0.800. The second-order valence-corrected chi connectivity index (χ2v) is 6.84. The second kappa shape index (κ2) is 11.6. The molecule has 0 aliphatic heterocycles. The van der Waals surface area contributed by atoms with Crippen molar-refractivity contribution in [2.75, 3.05) is 26.9 Å². The number of hydrogen-bond acceptors (Lipinski definition) is 9. The monoisotopic (exact) mass is 416 g/mol. The highest BCUT2D eigenvalue weighted by Gasteiger charge is 2.72. The van der Waals surface area contributed by atoms with Crippen molar-refractivity contribution in [3.8, 4) is 0 Å². The Hall–Kier alpha value is -2.32. The Kier molecular flexibility index (Phi) is 9.91. The van der Waals surface area contributed by atoms with Gasteiger partial charge in [0.05, 0.1) is 26.9 Å². The van der Waals surface area contributed by atoms with E-state index in [0.717, 1.165) is 13.5 Å². The summed E-state index contributed by atoms with van der Waals surface area (Å²) >= 11 is 0. The number of rotatable bonds is 10. The molecule has 1 saturated carbocycles. The van der Waals surface area contributed by atoms with Gasteiger partial charge in [0.2, 0.25) is 11.0 Å². The molecule has 2 atom stereocenters. The maximum atomic E-state index is 13.1. The topological polar surface area (TPSA) is 114 Å². The number of ether oxygens (including phenoxy) is 5. The Labute approximate surface area is 171 Å². The van der Waals surface area contributed by atoms with Crippen LogP contribution < -0.4 is 0 Å². The van der Waals surface area contributed by atoms with Crippen LogP contribution in [-0.2, 0) is 38.1 Å². The van der Waals surface area contributed by atoms with Crippen molar-refractivity contribution in [1.29, 1.82) is 0 Å². The number of unbranched alkanes of at least 4 members (excludes halogenated alkanes) is 1. The van der Waals surface area contributed by atoms with Gasteiger partial charge in [-0.05, 0) is 32.6 Å². The van der Waals surface area contributed by atoms with E-state index in [1.54, 1.807) is 13.8 Å². The van der Waals surface area contributed by atoms with E-state index >= 15 is 0 Å². The summed E-state index contributed by atoms with van der Waals surface area (Å²) < 4.78 is 25.7. The van der Waals surface area contributed by atoms with Crippen LogP contribution in [0.2, 0.25) is 0 Å². The van der Waals surface area contributed by atoms with E-state index in [1.807, 2.05) is 6.92 Å². The molecule has 0 aromatic rings. The molecule has 1 aliphatic rings. The van der Waals surface area contributed by atoms with Crippen molar-refractivity contribution in [3.05, 3.63) is 0 Å². The summed E-state index contributed by atoms with van der Waals surface area (Å²) in [4.78, 5) is 51.4. The van der Waals surface area contributed by atoms with Gasteiger partial charge in [0, 0.05) is 6.42 Å². The van der Waals surface area contributed by atoms with Crippen LogP contribution in [0.4, 0.5) is 4.79 Å². The third-order valence-electron chi connectivity index (χ3n) is 4.92. The largest absolute Gasteiger partial charge is 0.509 e. The molecule has 1 aliphatic carbocycles. The predicted molar refractivity (Wildman–Crippen MR) is 101 cm³/mol. The summed E-state index contributed by atoms with van der Waals surface area (Å²) in [5.41, 5.74) is -4.38. The fourth-order valence-corrected chi connectivity index (χ4v) is 3.46. The standard InChI is InChI=1S/C20H32O9/c1-5-8-14-28-18(24)29-20(17(23)27-13-6-2)12-10-9-11-19(20,15(21)25-4)16(22)26-7-3/h5-14H2,1-4H3. The van der Waals surface area contributed by atoms with Crippen LogP contribution in [0.3, 0.4) is 0 Å². The normalized spacial score (nSPS) is 23.6. The van der Waals surface area contributed by atoms with Crippen molar-refractivity contribution in [3.63, 3.8) is 0 Å². The van der Waals surface area contributed by atoms with Gasteiger partial charge in [-0.2, -0.15) is 0 Å². The van der Waals surface area contributed by atoms with E-state index in [9.17, 15) is 19.2 Å². The van der Waals surface area contributed by atoms with Gasteiger partial charge in [-0.15, -0.1) is 0 Å². The first kappa shape index (κ1) is 24.7. The van der Waals surface area contributed by atoms with Crippen molar-refractivity contribution in [2.45, 2.75) is 71.3 Å². The van der Waals surface area contributed by atoms with Crippen molar-refractivity contribution >= 4 is 24.1 Å². The maximum Gasteiger partial charge on any atom is 0.509 e. The smallest absolute Gasteiger partial charge is 0.468 e. The van der Waals surface area contributed by atoms with Crippen LogP contribution in [0.15, 0.2) is 0 Å². The van der Waals surface area contributed by atoms with Gasteiger partial charge in [0.25, 0.3) is 0 Å². The zero-order chi connectivity index (χ0) is 21.9. The average molecular weight is 416 g/mol. The minimum Gasteiger partial charge on any atom is -0.468 e. The zero-order valence-corrected chi connectivity index (χ0v) is 17.7. The summed E-state index contributed by atoms with van der Waals surface area (Å²) in [7, 11) is 1.10. The molecule has 0 saturated heterocycles. The molecular weight excluding hydrogens is 384 g/mol. The number of esters is 3. The van der Waals surface area contributed by atoms with Crippen LogP contribution in [0.5, 0.6) is 0 Å². The quantitative estimate of drug-likeness (QED) is 0.229. The Balaban J connectivity index is 3.47. The predicted octanol–water partition coefficient (Wildman–Crippen LogP) is 2.93. The SMILES string of the molecule is CCCCOC(=O)OC1(C(=O)OCCC)CCCCC1(C(=O)OC)C(=O)OCC. The van der Waals surface area contributed by atoms with Gasteiger partial charge in [-0.25, -0.2) is 9.59 Å². The lowest BCUT2D eigenvalue weighted by molar-refractivity contribution is -0.215. The van der Waals surface area contributed by atoms with E-state index in [4.69, 9.17) is 23.7 Å². The first-order chi connectivity index (χ1) is 13.9. The molecular formula is C20H32O9. The van der Waals surface area contributed by atoms with Gasteiger partial charge < -0.3 is 23.7 Å².